The van der Waals surface area contributed by atoms with E-state index in [0.29, 0.717) is 11.4 Å². The molecule has 0 aromatic heterocycles. The van der Waals surface area contributed by atoms with Crippen LogP contribution in [0.1, 0.15) is 13.3 Å². The van der Waals surface area contributed by atoms with Gasteiger partial charge in [0.05, 0.1) is 0 Å². The average molecular weight is 245 g/mol. The summed E-state index contributed by atoms with van der Waals surface area (Å²) in [5, 5.41) is 0.904. The zero-order chi connectivity index (χ0) is 11.3. The summed E-state index contributed by atoms with van der Waals surface area (Å²) in [4.78, 5) is 12.1. The van der Waals surface area contributed by atoms with Gasteiger partial charge in [-0.15, -0.1) is 11.8 Å². The lowest BCUT2D eigenvalue weighted by Gasteiger charge is -2.09. The molecule has 82 valence electrons. The highest BCUT2D eigenvalue weighted by Gasteiger charge is 2.09. The molecule has 1 aromatic carbocycles. The molecule has 5 heteroatoms. The molecule has 0 aliphatic rings. The topological polar surface area (TPSA) is 55.1 Å². The van der Waals surface area contributed by atoms with E-state index in [0.717, 1.165) is 4.90 Å². The van der Waals surface area contributed by atoms with Gasteiger partial charge >= 0.3 is 0 Å². The fourth-order valence-electron chi connectivity index (χ4n) is 1.11. The van der Waals surface area contributed by atoms with Crippen LogP contribution < -0.4 is 11.3 Å². The van der Waals surface area contributed by atoms with Crippen molar-refractivity contribution < 1.29 is 4.79 Å². The van der Waals surface area contributed by atoms with Crippen LogP contribution >= 0.6 is 23.4 Å². The van der Waals surface area contributed by atoms with E-state index in [9.17, 15) is 4.79 Å². The molecule has 1 amide bonds. The molecular formula is C10H13ClN2OS. The lowest BCUT2D eigenvalue weighted by molar-refractivity contribution is -0.121. The maximum atomic E-state index is 11.0. The van der Waals surface area contributed by atoms with E-state index in [2.05, 4.69) is 5.43 Å². The maximum absolute atomic E-state index is 11.0. The molecule has 15 heavy (non-hydrogen) atoms. The molecule has 0 bridgehead atoms. The van der Waals surface area contributed by atoms with Crippen LogP contribution in [0, 0.1) is 0 Å². The molecule has 1 atom stereocenters. The monoisotopic (exact) mass is 244 g/mol. The second kappa shape index (κ2) is 6.00. The minimum absolute atomic E-state index is 0.149. The number of hydrogen-bond acceptors (Lipinski definition) is 3. The number of carbonyl (C=O) groups excluding carboxylic acids is 1. The van der Waals surface area contributed by atoms with Gasteiger partial charge in [-0.3, -0.25) is 10.2 Å². The van der Waals surface area contributed by atoms with Gasteiger partial charge in [-0.05, 0) is 24.3 Å². The zero-order valence-corrected chi connectivity index (χ0v) is 9.94. The molecule has 0 radical (unpaired) electrons. The smallest absolute Gasteiger partial charge is 0.234 e. The van der Waals surface area contributed by atoms with E-state index in [1.807, 2.05) is 31.2 Å². The van der Waals surface area contributed by atoms with E-state index in [1.54, 1.807) is 11.8 Å². The Balaban J connectivity index is 2.47. The first-order valence-electron chi connectivity index (χ1n) is 4.53. The SMILES string of the molecule is CC(CC(=O)NN)Sc1ccc(Cl)cc1. The number of rotatable bonds is 4. The van der Waals surface area contributed by atoms with Crippen molar-refractivity contribution in [3.8, 4) is 0 Å². The molecule has 1 aromatic rings. The molecule has 1 rings (SSSR count). The van der Waals surface area contributed by atoms with E-state index < -0.39 is 0 Å². The summed E-state index contributed by atoms with van der Waals surface area (Å²) < 4.78 is 0. The van der Waals surface area contributed by atoms with Crippen molar-refractivity contribution >= 4 is 29.3 Å². The number of hydrogen-bond donors (Lipinski definition) is 2. The van der Waals surface area contributed by atoms with Crippen molar-refractivity contribution in [1.29, 1.82) is 0 Å². The number of carbonyl (C=O) groups is 1. The van der Waals surface area contributed by atoms with Crippen molar-refractivity contribution in [3.05, 3.63) is 29.3 Å². The van der Waals surface area contributed by atoms with Gasteiger partial charge in [-0.25, -0.2) is 5.84 Å². The second-order valence-corrected chi connectivity index (χ2v) is 5.10. The van der Waals surface area contributed by atoms with Gasteiger partial charge in [0.25, 0.3) is 0 Å². The van der Waals surface area contributed by atoms with E-state index in [-0.39, 0.29) is 11.2 Å². The van der Waals surface area contributed by atoms with Crippen molar-refractivity contribution in [3.63, 3.8) is 0 Å². The van der Waals surface area contributed by atoms with Gasteiger partial charge in [0.1, 0.15) is 0 Å². The third-order valence-corrected chi connectivity index (χ3v) is 3.15. The van der Waals surface area contributed by atoms with Crippen molar-refractivity contribution in [2.45, 2.75) is 23.5 Å². The van der Waals surface area contributed by atoms with Crippen LogP contribution in [0.25, 0.3) is 0 Å². The second-order valence-electron chi connectivity index (χ2n) is 3.15. The number of hydrazine groups is 1. The number of benzene rings is 1. The molecule has 0 saturated heterocycles. The Kier molecular flexibility index (Phi) is 4.94. The van der Waals surface area contributed by atoms with Crippen LogP contribution in [0.5, 0.6) is 0 Å². The van der Waals surface area contributed by atoms with Crippen LogP contribution in [0.15, 0.2) is 29.2 Å². The van der Waals surface area contributed by atoms with Crippen LogP contribution in [0.2, 0.25) is 5.02 Å². The fraction of sp³-hybridized carbons (Fsp3) is 0.300. The predicted octanol–water partition coefficient (Wildman–Crippen LogP) is 2.20. The van der Waals surface area contributed by atoms with Crippen LogP contribution in [-0.2, 0) is 4.79 Å². The highest BCUT2D eigenvalue weighted by Crippen LogP contribution is 2.26. The maximum Gasteiger partial charge on any atom is 0.234 e. The lowest BCUT2D eigenvalue weighted by Crippen LogP contribution is -2.31. The lowest BCUT2D eigenvalue weighted by atomic mass is 10.3. The summed E-state index contributed by atoms with van der Waals surface area (Å²) >= 11 is 7.39. The Hall–Kier alpha value is -0.710. The van der Waals surface area contributed by atoms with Crippen LogP contribution in [0.3, 0.4) is 0 Å². The molecule has 0 spiro atoms. The Morgan fingerprint density at radius 1 is 1.53 bits per heavy atom. The highest BCUT2D eigenvalue weighted by atomic mass is 35.5. The third kappa shape index (κ3) is 4.55. The van der Waals surface area contributed by atoms with Crippen LogP contribution in [0.4, 0.5) is 0 Å². The van der Waals surface area contributed by atoms with Gasteiger partial charge in [0.15, 0.2) is 0 Å². The van der Waals surface area contributed by atoms with Gasteiger partial charge in [-0.2, -0.15) is 0 Å². The summed E-state index contributed by atoms with van der Waals surface area (Å²) in [7, 11) is 0. The minimum atomic E-state index is -0.149. The number of amides is 1. The number of nitrogens with two attached hydrogens (primary N) is 1. The highest BCUT2D eigenvalue weighted by molar-refractivity contribution is 8.00. The molecule has 0 fully saturated rings. The summed E-state index contributed by atoms with van der Waals surface area (Å²) in [6, 6.07) is 7.53. The molecule has 0 saturated carbocycles. The number of thioether (sulfide) groups is 1. The first-order valence-corrected chi connectivity index (χ1v) is 5.79. The Labute approximate surface area is 98.3 Å². The van der Waals surface area contributed by atoms with Crippen molar-refractivity contribution in [2.24, 2.45) is 5.84 Å². The largest absolute Gasteiger partial charge is 0.294 e. The standard InChI is InChI=1S/C10H13ClN2OS/c1-7(6-10(14)13-12)15-9-4-2-8(11)3-5-9/h2-5,7H,6,12H2,1H3,(H,13,14). The molecule has 3 nitrogen and oxygen atoms in total. The molecule has 0 heterocycles. The first-order chi connectivity index (χ1) is 7.11. The number of nitrogens with one attached hydrogen (secondary N) is 1. The summed E-state index contributed by atoms with van der Waals surface area (Å²) in [5.74, 6) is 4.86. The molecule has 0 aliphatic heterocycles. The average Bonchev–Trinajstić information content (AvgIpc) is 2.21. The van der Waals surface area contributed by atoms with Crippen molar-refractivity contribution in [1.82, 2.24) is 5.43 Å². The molecule has 1 unspecified atom stereocenters. The summed E-state index contributed by atoms with van der Waals surface area (Å²) in [6.45, 7) is 1.98. The van der Waals surface area contributed by atoms with Gasteiger partial charge in [0.2, 0.25) is 5.91 Å². The third-order valence-electron chi connectivity index (χ3n) is 1.78. The molecule has 3 N–H and O–H groups in total. The zero-order valence-electron chi connectivity index (χ0n) is 8.37. The Morgan fingerprint density at radius 3 is 2.67 bits per heavy atom. The first kappa shape index (κ1) is 12.4. The predicted molar refractivity (Wildman–Crippen MR) is 63.7 cm³/mol. The Morgan fingerprint density at radius 2 is 2.13 bits per heavy atom. The Bertz CT molecular complexity index is 329. The molecule has 0 aliphatic carbocycles. The minimum Gasteiger partial charge on any atom is -0.294 e. The van der Waals surface area contributed by atoms with Gasteiger partial charge in [-0.1, -0.05) is 18.5 Å². The van der Waals surface area contributed by atoms with Crippen LogP contribution in [-0.4, -0.2) is 11.2 Å². The summed E-state index contributed by atoms with van der Waals surface area (Å²) in [6.07, 6.45) is 0.407. The number of halogens is 1. The fourth-order valence-corrected chi connectivity index (χ4v) is 2.23. The van der Waals surface area contributed by atoms with E-state index >= 15 is 0 Å². The normalized spacial score (nSPS) is 12.2. The van der Waals surface area contributed by atoms with Crippen molar-refractivity contribution in [2.75, 3.05) is 0 Å². The van der Waals surface area contributed by atoms with E-state index in [4.69, 9.17) is 17.4 Å². The quantitative estimate of drug-likeness (QED) is 0.370. The molecular weight excluding hydrogens is 232 g/mol. The van der Waals surface area contributed by atoms with E-state index in [1.165, 1.54) is 0 Å². The summed E-state index contributed by atoms with van der Waals surface area (Å²) in [5.41, 5.74) is 2.12. The van der Waals surface area contributed by atoms with Gasteiger partial charge in [0, 0.05) is 21.6 Å². The van der Waals surface area contributed by atoms with Gasteiger partial charge < -0.3 is 0 Å².